The lowest BCUT2D eigenvalue weighted by atomic mass is 10.2. The maximum Gasteiger partial charge on any atom is 0.249 e. The molecule has 0 unspecified atom stereocenters. The minimum atomic E-state index is -0.0505. The minimum Gasteiger partial charge on any atom is -0.464 e. The van der Waals surface area contributed by atoms with E-state index in [1.807, 2.05) is 49.4 Å². The topological polar surface area (TPSA) is 42.7 Å². The van der Waals surface area contributed by atoms with E-state index in [4.69, 9.17) is 9.15 Å². The van der Waals surface area contributed by atoms with Gasteiger partial charge in [0.05, 0.1) is 6.54 Å². The summed E-state index contributed by atoms with van der Waals surface area (Å²) in [5.41, 5.74) is 1.08. The van der Waals surface area contributed by atoms with Gasteiger partial charge in [-0.2, -0.15) is 0 Å². The van der Waals surface area contributed by atoms with E-state index in [1.165, 1.54) is 7.11 Å². The molecule has 2 rings (SSSR count). The Morgan fingerprint density at radius 2 is 1.90 bits per heavy atom. The van der Waals surface area contributed by atoms with E-state index in [2.05, 4.69) is 0 Å². The summed E-state index contributed by atoms with van der Waals surface area (Å²) in [6.45, 7) is 2.96. The third kappa shape index (κ3) is 3.96. The molecule has 1 aromatic heterocycles. The van der Waals surface area contributed by atoms with Crippen LogP contribution >= 0.6 is 0 Å². The molecule has 0 aliphatic heterocycles. The average Bonchev–Trinajstić information content (AvgIpc) is 2.85. The van der Waals surface area contributed by atoms with Gasteiger partial charge in [0.2, 0.25) is 5.91 Å². The second kappa shape index (κ2) is 6.91. The number of carbonyl (C=O) groups is 1. The molecular formula is C16H19NO3. The lowest BCUT2D eigenvalue weighted by Crippen LogP contribution is -2.32. The molecule has 2 aromatic rings. The molecule has 106 valence electrons. The highest BCUT2D eigenvalue weighted by atomic mass is 16.5. The largest absolute Gasteiger partial charge is 0.464 e. The molecule has 4 nitrogen and oxygen atoms in total. The van der Waals surface area contributed by atoms with Gasteiger partial charge in [-0.1, -0.05) is 30.3 Å². The van der Waals surface area contributed by atoms with Crippen molar-refractivity contribution in [3.63, 3.8) is 0 Å². The van der Waals surface area contributed by atoms with Gasteiger partial charge in [0, 0.05) is 13.7 Å². The highest BCUT2D eigenvalue weighted by Gasteiger charge is 2.15. The predicted octanol–water partition coefficient (Wildman–Crippen LogP) is 2.76. The quantitative estimate of drug-likeness (QED) is 0.812. The zero-order valence-corrected chi connectivity index (χ0v) is 11.8. The third-order valence-electron chi connectivity index (χ3n) is 2.98. The molecule has 1 aromatic carbocycles. The standard InChI is InChI=1S/C16H19NO3/c1-13-8-9-15(20-13)11-17(16(18)12-19-2)10-14-6-4-3-5-7-14/h3-9H,10-12H2,1-2H3. The molecule has 0 atom stereocenters. The summed E-state index contributed by atoms with van der Waals surface area (Å²) in [6.07, 6.45) is 0. The molecule has 4 heteroatoms. The van der Waals surface area contributed by atoms with E-state index in [9.17, 15) is 4.79 Å². The lowest BCUT2D eigenvalue weighted by Gasteiger charge is -2.21. The lowest BCUT2D eigenvalue weighted by molar-refractivity contribution is -0.136. The van der Waals surface area contributed by atoms with Gasteiger partial charge >= 0.3 is 0 Å². The van der Waals surface area contributed by atoms with Crippen LogP contribution in [-0.4, -0.2) is 24.5 Å². The van der Waals surface area contributed by atoms with Crippen LogP contribution in [0.15, 0.2) is 46.9 Å². The van der Waals surface area contributed by atoms with Gasteiger partial charge in [-0.25, -0.2) is 0 Å². The van der Waals surface area contributed by atoms with Crippen molar-refractivity contribution in [2.24, 2.45) is 0 Å². The van der Waals surface area contributed by atoms with Gasteiger partial charge in [0.25, 0.3) is 0 Å². The first-order valence-corrected chi connectivity index (χ1v) is 6.55. The van der Waals surface area contributed by atoms with Crippen molar-refractivity contribution in [1.82, 2.24) is 4.90 Å². The average molecular weight is 273 g/mol. The number of nitrogens with zero attached hydrogens (tertiary/aromatic N) is 1. The molecule has 0 spiro atoms. The fourth-order valence-electron chi connectivity index (χ4n) is 2.01. The van der Waals surface area contributed by atoms with Crippen molar-refractivity contribution in [2.75, 3.05) is 13.7 Å². The van der Waals surface area contributed by atoms with Gasteiger partial charge in [-0.15, -0.1) is 0 Å². The number of methoxy groups -OCH3 is 1. The van der Waals surface area contributed by atoms with Crippen molar-refractivity contribution in [2.45, 2.75) is 20.0 Å². The summed E-state index contributed by atoms with van der Waals surface area (Å²) in [7, 11) is 1.52. The van der Waals surface area contributed by atoms with Gasteiger partial charge in [0.15, 0.2) is 0 Å². The van der Waals surface area contributed by atoms with Crippen LogP contribution in [0.25, 0.3) is 0 Å². The van der Waals surface area contributed by atoms with Crippen LogP contribution in [0.2, 0.25) is 0 Å². The van der Waals surface area contributed by atoms with Crippen LogP contribution in [0.4, 0.5) is 0 Å². The van der Waals surface area contributed by atoms with Crippen molar-refractivity contribution in [1.29, 1.82) is 0 Å². The Bertz CT molecular complexity index is 548. The molecule has 1 heterocycles. The molecule has 0 fully saturated rings. The first-order valence-electron chi connectivity index (χ1n) is 6.55. The second-order valence-electron chi connectivity index (χ2n) is 4.68. The molecular weight excluding hydrogens is 254 g/mol. The molecule has 0 radical (unpaired) electrons. The van der Waals surface area contributed by atoms with Crippen LogP contribution in [0.5, 0.6) is 0 Å². The number of rotatable bonds is 6. The van der Waals surface area contributed by atoms with Crippen LogP contribution in [-0.2, 0) is 22.6 Å². The van der Waals surface area contributed by atoms with E-state index >= 15 is 0 Å². The third-order valence-corrected chi connectivity index (χ3v) is 2.98. The summed E-state index contributed by atoms with van der Waals surface area (Å²) in [5.74, 6) is 1.58. The fourth-order valence-corrected chi connectivity index (χ4v) is 2.01. The number of carbonyl (C=O) groups excluding carboxylic acids is 1. The Kier molecular flexibility index (Phi) is 4.96. The Morgan fingerprint density at radius 1 is 1.15 bits per heavy atom. The normalized spacial score (nSPS) is 10.5. The van der Waals surface area contributed by atoms with Gasteiger partial charge in [-0.3, -0.25) is 4.79 Å². The van der Waals surface area contributed by atoms with E-state index in [0.29, 0.717) is 13.1 Å². The summed E-state index contributed by atoms with van der Waals surface area (Å²) in [6, 6.07) is 13.7. The minimum absolute atomic E-state index is 0.0505. The number of hydrogen-bond acceptors (Lipinski definition) is 3. The Balaban J connectivity index is 2.10. The summed E-state index contributed by atoms with van der Waals surface area (Å²) < 4.78 is 10.5. The molecule has 0 saturated carbocycles. The van der Waals surface area contributed by atoms with Gasteiger partial charge in [-0.05, 0) is 24.6 Å². The maximum absolute atomic E-state index is 12.1. The van der Waals surface area contributed by atoms with Crippen LogP contribution in [0.3, 0.4) is 0 Å². The summed E-state index contributed by atoms with van der Waals surface area (Å²) in [5, 5.41) is 0. The molecule has 1 amide bonds. The zero-order chi connectivity index (χ0) is 14.4. The molecule has 20 heavy (non-hydrogen) atoms. The first kappa shape index (κ1) is 14.3. The van der Waals surface area contributed by atoms with E-state index in [1.54, 1.807) is 4.90 Å². The van der Waals surface area contributed by atoms with Crippen LogP contribution in [0.1, 0.15) is 17.1 Å². The highest BCUT2D eigenvalue weighted by Crippen LogP contribution is 2.13. The molecule has 0 saturated heterocycles. The zero-order valence-electron chi connectivity index (χ0n) is 11.8. The molecule has 0 aliphatic carbocycles. The number of amides is 1. The van der Waals surface area contributed by atoms with Gasteiger partial charge < -0.3 is 14.1 Å². The smallest absolute Gasteiger partial charge is 0.249 e. The summed E-state index contributed by atoms with van der Waals surface area (Å²) >= 11 is 0. The number of furan rings is 1. The fraction of sp³-hybridized carbons (Fsp3) is 0.312. The monoisotopic (exact) mass is 273 g/mol. The molecule has 0 bridgehead atoms. The van der Waals surface area contributed by atoms with Crippen molar-refractivity contribution in [3.05, 3.63) is 59.5 Å². The predicted molar refractivity (Wildman–Crippen MR) is 76.0 cm³/mol. The van der Waals surface area contributed by atoms with E-state index in [-0.39, 0.29) is 12.5 Å². The first-order chi connectivity index (χ1) is 9.69. The number of aryl methyl sites for hydroxylation is 1. The van der Waals surface area contributed by atoms with Crippen LogP contribution < -0.4 is 0 Å². The second-order valence-corrected chi connectivity index (χ2v) is 4.68. The summed E-state index contributed by atoms with van der Waals surface area (Å²) in [4.78, 5) is 13.9. The molecule has 0 N–H and O–H groups in total. The number of benzene rings is 1. The highest BCUT2D eigenvalue weighted by molar-refractivity contribution is 5.77. The van der Waals surface area contributed by atoms with Crippen molar-refractivity contribution < 1.29 is 13.9 Å². The van der Waals surface area contributed by atoms with E-state index < -0.39 is 0 Å². The van der Waals surface area contributed by atoms with Crippen LogP contribution in [0, 0.1) is 6.92 Å². The Hall–Kier alpha value is -2.07. The van der Waals surface area contributed by atoms with Crippen molar-refractivity contribution >= 4 is 5.91 Å². The van der Waals surface area contributed by atoms with Gasteiger partial charge in [0.1, 0.15) is 18.1 Å². The SMILES string of the molecule is COCC(=O)N(Cc1ccccc1)Cc1ccc(C)o1. The van der Waals surface area contributed by atoms with E-state index in [0.717, 1.165) is 17.1 Å². The Labute approximate surface area is 119 Å². The number of hydrogen-bond donors (Lipinski definition) is 0. The van der Waals surface area contributed by atoms with Crippen molar-refractivity contribution in [3.8, 4) is 0 Å². The Morgan fingerprint density at radius 3 is 2.50 bits per heavy atom. The number of ether oxygens (including phenoxy) is 1. The maximum atomic E-state index is 12.1. The molecule has 0 aliphatic rings.